The van der Waals surface area contributed by atoms with Gasteiger partial charge in [-0.2, -0.15) is 0 Å². The van der Waals surface area contributed by atoms with Crippen LogP contribution < -0.4 is 4.72 Å². The Labute approximate surface area is 146 Å². The molecule has 1 aliphatic rings. The summed E-state index contributed by atoms with van der Waals surface area (Å²) in [6, 6.07) is 5.82. The van der Waals surface area contributed by atoms with Gasteiger partial charge < -0.3 is 14.7 Å². The van der Waals surface area contributed by atoms with Crippen LogP contribution in [-0.4, -0.2) is 63.7 Å². The maximum Gasteiger partial charge on any atom is 0.306 e. The van der Waals surface area contributed by atoms with E-state index in [1.54, 1.807) is 11.0 Å². The van der Waals surface area contributed by atoms with Crippen molar-refractivity contribution in [1.82, 2.24) is 9.62 Å². The molecule has 8 nitrogen and oxygen atoms in total. The molecule has 0 saturated carbocycles. The number of carboxylic acids is 1. The van der Waals surface area contributed by atoms with E-state index in [-0.39, 0.29) is 29.5 Å². The zero-order valence-electron chi connectivity index (χ0n) is 14.0. The number of likely N-dealkylation sites (tertiary alicyclic amines) is 1. The molecule has 9 heteroatoms. The lowest BCUT2D eigenvalue weighted by Crippen LogP contribution is -2.40. The summed E-state index contributed by atoms with van der Waals surface area (Å²) in [6.07, 6.45) is 0.801. The molecule has 1 aliphatic heterocycles. The van der Waals surface area contributed by atoms with Crippen molar-refractivity contribution < 1.29 is 27.9 Å². The number of benzene rings is 1. The lowest BCUT2D eigenvalue weighted by molar-refractivity contribution is -0.143. The molecule has 1 aromatic carbocycles. The molecule has 25 heavy (non-hydrogen) atoms. The first-order valence-electron chi connectivity index (χ1n) is 7.96. The second-order valence-electron chi connectivity index (χ2n) is 5.82. The first-order valence-corrected chi connectivity index (χ1v) is 9.44. The second kappa shape index (κ2) is 8.41. The maximum atomic E-state index is 12.6. The number of nitrogens with one attached hydrogen (secondary N) is 1. The number of methoxy groups -OCH3 is 1. The molecule has 1 saturated heterocycles. The molecule has 138 valence electrons. The van der Waals surface area contributed by atoms with Crippen LogP contribution in [0.25, 0.3) is 0 Å². The number of hydrogen-bond donors (Lipinski definition) is 2. The number of ether oxygens (including phenoxy) is 1. The Balaban J connectivity index is 2.08. The van der Waals surface area contributed by atoms with Gasteiger partial charge in [0.2, 0.25) is 10.0 Å². The molecular formula is C16H22N2O6S. The van der Waals surface area contributed by atoms with Gasteiger partial charge in [0.1, 0.15) is 0 Å². The van der Waals surface area contributed by atoms with Crippen molar-refractivity contribution in [3.05, 3.63) is 29.8 Å². The highest BCUT2D eigenvalue weighted by Crippen LogP contribution is 2.20. The number of hydrogen-bond acceptors (Lipinski definition) is 5. The van der Waals surface area contributed by atoms with Gasteiger partial charge in [-0.3, -0.25) is 9.59 Å². The van der Waals surface area contributed by atoms with Crippen molar-refractivity contribution in [3.63, 3.8) is 0 Å². The van der Waals surface area contributed by atoms with Crippen LogP contribution in [0.3, 0.4) is 0 Å². The van der Waals surface area contributed by atoms with Crippen molar-refractivity contribution in [2.24, 2.45) is 5.92 Å². The van der Waals surface area contributed by atoms with Crippen molar-refractivity contribution in [1.29, 1.82) is 0 Å². The van der Waals surface area contributed by atoms with Gasteiger partial charge in [0.15, 0.2) is 0 Å². The predicted octanol–water partition coefficient (Wildman–Crippen LogP) is 0.548. The number of amides is 1. The third-order valence-corrected chi connectivity index (χ3v) is 5.58. The van der Waals surface area contributed by atoms with E-state index in [2.05, 4.69) is 4.72 Å². The Morgan fingerprint density at radius 1 is 1.32 bits per heavy atom. The van der Waals surface area contributed by atoms with E-state index in [1.165, 1.54) is 25.3 Å². The molecule has 0 atom stereocenters. The fourth-order valence-electron chi connectivity index (χ4n) is 2.67. The largest absolute Gasteiger partial charge is 0.481 e. The van der Waals surface area contributed by atoms with Gasteiger partial charge in [-0.25, -0.2) is 13.1 Å². The molecule has 1 aromatic rings. The zero-order valence-corrected chi connectivity index (χ0v) is 14.8. The average molecular weight is 370 g/mol. The Morgan fingerprint density at radius 3 is 2.60 bits per heavy atom. The summed E-state index contributed by atoms with van der Waals surface area (Å²) in [6.45, 7) is 1.08. The van der Waals surface area contributed by atoms with E-state index >= 15 is 0 Å². The summed E-state index contributed by atoms with van der Waals surface area (Å²) >= 11 is 0. The van der Waals surface area contributed by atoms with Gasteiger partial charge >= 0.3 is 5.97 Å². The van der Waals surface area contributed by atoms with Gasteiger partial charge in [-0.05, 0) is 31.0 Å². The van der Waals surface area contributed by atoms with Gasteiger partial charge in [0.05, 0.1) is 17.4 Å². The van der Waals surface area contributed by atoms with Crippen LogP contribution in [0.1, 0.15) is 23.2 Å². The monoisotopic (exact) mass is 370 g/mol. The van der Waals surface area contributed by atoms with Crippen LogP contribution in [-0.2, 0) is 19.6 Å². The number of carboxylic acid groups (broad SMARTS) is 1. The molecular weight excluding hydrogens is 348 g/mol. The Kier molecular flexibility index (Phi) is 6.51. The fraction of sp³-hybridized carbons (Fsp3) is 0.500. The fourth-order valence-corrected chi connectivity index (χ4v) is 3.73. The Bertz CT molecular complexity index is 726. The molecule has 0 spiro atoms. The first-order chi connectivity index (χ1) is 11.8. The Morgan fingerprint density at radius 2 is 2.00 bits per heavy atom. The molecule has 1 amide bonds. The van der Waals surface area contributed by atoms with Gasteiger partial charge in [0.25, 0.3) is 5.91 Å². The number of sulfonamides is 1. The van der Waals surface area contributed by atoms with E-state index in [9.17, 15) is 18.0 Å². The molecule has 1 fully saturated rings. The maximum absolute atomic E-state index is 12.6. The molecule has 2 rings (SSSR count). The minimum atomic E-state index is -3.72. The van der Waals surface area contributed by atoms with Crippen LogP contribution in [0, 0.1) is 5.92 Å². The highest BCUT2D eigenvalue weighted by molar-refractivity contribution is 7.89. The van der Waals surface area contributed by atoms with Gasteiger partial charge in [-0.1, -0.05) is 6.07 Å². The molecule has 1 heterocycles. The summed E-state index contributed by atoms with van der Waals surface area (Å²) < 4.78 is 31.6. The molecule has 0 aromatic heterocycles. The highest BCUT2D eigenvalue weighted by Gasteiger charge is 2.28. The molecule has 0 radical (unpaired) electrons. The minimum Gasteiger partial charge on any atom is -0.481 e. The topological polar surface area (TPSA) is 113 Å². The molecule has 0 unspecified atom stereocenters. The molecule has 0 aliphatic carbocycles. The summed E-state index contributed by atoms with van der Waals surface area (Å²) in [5, 5.41) is 9.01. The number of piperidine rings is 1. The van der Waals surface area contributed by atoms with Gasteiger partial charge in [-0.15, -0.1) is 0 Å². The summed E-state index contributed by atoms with van der Waals surface area (Å²) in [4.78, 5) is 25.1. The predicted molar refractivity (Wildman–Crippen MR) is 89.8 cm³/mol. The number of rotatable bonds is 7. The minimum absolute atomic E-state index is 0.00914. The lowest BCUT2D eigenvalue weighted by atomic mass is 9.96. The third kappa shape index (κ3) is 5.00. The van der Waals surface area contributed by atoms with E-state index < -0.39 is 21.9 Å². The van der Waals surface area contributed by atoms with Crippen molar-refractivity contribution >= 4 is 21.9 Å². The zero-order chi connectivity index (χ0) is 18.4. The number of carbonyl (C=O) groups is 2. The van der Waals surface area contributed by atoms with Crippen LogP contribution in [0.5, 0.6) is 0 Å². The van der Waals surface area contributed by atoms with Crippen molar-refractivity contribution in [2.45, 2.75) is 17.7 Å². The number of aliphatic carboxylic acids is 1. The van der Waals surface area contributed by atoms with Crippen molar-refractivity contribution in [2.75, 3.05) is 33.4 Å². The van der Waals surface area contributed by atoms with E-state index in [4.69, 9.17) is 9.84 Å². The first kappa shape index (κ1) is 19.4. The second-order valence-corrected chi connectivity index (χ2v) is 7.59. The third-order valence-electron chi connectivity index (χ3n) is 4.12. The SMILES string of the molecule is COCCNS(=O)(=O)c1cccc(C(=O)N2CCC(C(=O)O)CC2)c1. The smallest absolute Gasteiger partial charge is 0.306 e. The highest BCUT2D eigenvalue weighted by atomic mass is 32.2. The van der Waals surface area contributed by atoms with Crippen LogP contribution >= 0.6 is 0 Å². The van der Waals surface area contributed by atoms with E-state index in [0.29, 0.717) is 25.9 Å². The van der Waals surface area contributed by atoms with Crippen LogP contribution in [0.15, 0.2) is 29.2 Å². The summed E-state index contributed by atoms with van der Waals surface area (Å²) in [5.74, 6) is -1.57. The molecule has 2 N–H and O–H groups in total. The van der Waals surface area contributed by atoms with Gasteiger partial charge in [0, 0.05) is 32.3 Å². The summed E-state index contributed by atoms with van der Waals surface area (Å²) in [7, 11) is -2.24. The van der Waals surface area contributed by atoms with E-state index in [1.807, 2.05) is 0 Å². The standard InChI is InChI=1S/C16H22N2O6S/c1-24-10-7-17-25(22,23)14-4-2-3-13(11-14)15(19)18-8-5-12(6-9-18)16(20)21/h2-4,11-12,17H,5-10H2,1H3,(H,20,21). The Hall–Kier alpha value is -1.97. The van der Waals surface area contributed by atoms with Crippen LogP contribution in [0.4, 0.5) is 0 Å². The average Bonchev–Trinajstić information content (AvgIpc) is 2.61. The summed E-state index contributed by atoms with van der Waals surface area (Å²) in [5.41, 5.74) is 0.267. The number of nitrogens with zero attached hydrogens (tertiary/aromatic N) is 1. The van der Waals surface area contributed by atoms with E-state index in [0.717, 1.165) is 0 Å². The quantitative estimate of drug-likeness (QED) is 0.678. The van der Waals surface area contributed by atoms with Crippen LogP contribution in [0.2, 0.25) is 0 Å². The molecule has 0 bridgehead atoms. The lowest BCUT2D eigenvalue weighted by Gasteiger charge is -2.30. The van der Waals surface area contributed by atoms with Crippen molar-refractivity contribution in [3.8, 4) is 0 Å². The number of carbonyl (C=O) groups excluding carboxylic acids is 1. The normalized spacial score (nSPS) is 16.0.